The molecule has 2 rings (SSSR count). The van der Waals surface area contributed by atoms with Gasteiger partial charge < -0.3 is 10.2 Å². The minimum Gasteiger partial charge on any atom is -0.464 e. The normalized spacial score (nSPS) is 14.8. The van der Waals surface area contributed by atoms with Crippen LogP contribution in [0.5, 0.6) is 0 Å². The average Bonchev–Trinajstić information content (AvgIpc) is 2.91. The largest absolute Gasteiger partial charge is 0.464 e. The molecule has 20 heavy (non-hydrogen) atoms. The number of para-hydroxylation sites is 1. The summed E-state index contributed by atoms with van der Waals surface area (Å²) >= 11 is 0. The number of benzene rings is 1. The zero-order chi connectivity index (χ0) is 14.5. The number of likely N-dealkylation sites (N-methyl/N-ethyl adjacent to an activating group) is 1. The highest BCUT2D eigenvalue weighted by Gasteiger charge is 2.22. The Kier molecular flexibility index (Phi) is 5.21. The molecule has 0 fully saturated rings. The molecule has 3 heteroatoms. The summed E-state index contributed by atoms with van der Waals surface area (Å²) in [5.41, 5.74) is 8.23. The van der Waals surface area contributed by atoms with E-state index in [2.05, 4.69) is 37.8 Å². The summed E-state index contributed by atoms with van der Waals surface area (Å²) in [6.07, 6.45) is 3.07. The Bertz CT molecular complexity index is 535. The minimum absolute atomic E-state index is 0.234. The molecule has 0 aliphatic rings. The Morgan fingerprint density at radius 1 is 1.25 bits per heavy atom. The Morgan fingerprint density at radius 2 is 2.00 bits per heavy atom. The quantitative estimate of drug-likeness (QED) is 0.835. The van der Waals surface area contributed by atoms with Crippen LogP contribution in [0.1, 0.15) is 38.8 Å². The van der Waals surface area contributed by atoms with Gasteiger partial charge in [-0.15, -0.1) is 0 Å². The van der Waals surface area contributed by atoms with Gasteiger partial charge in [-0.3, -0.25) is 4.90 Å². The van der Waals surface area contributed by atoms with Crippen LogP contribution in [0.15, 0.2) is 34.9 Å². The predicted octanol–water partition coefficient (Wildman–Crippen LogP) is 3.80. The summed E-state index contributed by atoms with van der Waals surface area (Å²) in [4.78, 5) is 2.46. The molecule has 0 amide bonds. The van der Waals surface area contributed by atoms with Crippen molar-refractivity contribution in [3.8, 4) is 0 Å². The molecular formula is C17H26N2O. The lowest BCUT2D eigenvalue weighted by Crippen LogP contribution is -2.36. The monoisotopic (exact) mass is 274 g/mol. The van der Waals surface area contributed by atoms with Crippen molar-refractivity contribution in [1.82, 2.24) is 4.90 Å². The number of rotatable bonds is 7. The molecule has 1 heterocycles. The van der Waals surface area contributed by atoms with E-state index in [9.17, 15) is 0 Å². The first-order chi connectivity index (χ1) is 9.71. The summed E-state index contributed by atoms with van der Waals surface area (Å²) < 4.78 is 5.68. The van der Waals surface area contributed by atoms with E-state index in [0.29, 0.717) is 12.5 Å². The molecule has 0 aliphatic carbocycles. The van der Waals surface area contributed by atoms with Gasteiger partial charge >= 0.3 is 0 Å². The van der Waals surface area contributed by atoms with Gasteiger partial charge in [-0.25, -0.2) is 0 Å². The van der Waals surface area contributed by atoms with Crippen molar-refractivity contribution in [2.45, 2.75) is 33.2 Å². The standard InChI is InChI=1S/C17H26N2O/c1-4-13(3)11-19(5-2)16(10-18)15-12-20-17-9-7-6-8-14(15)17/h6-9,12-13,16H,4-5,10-11,18H2,1-3H3. The molecule has 2 atom stereocenters. The Labute approximate surface area is 121 Å². The molecule has 0 bridgehead atoms. The second-order valence-corrected chi connectivity index (χ2v) is 5.54. The Balaban J connectivity index is 2.30. The summed E-state index contributed by atoms with van der Waals surface area (Å²) in [7, 11) is 0. The topological polar surface area (TPSA) is 42.4 Å². The van der Waals surface area contributed by atoms with Crippen LogP contribution in [0, 0.1) is 5.92 Å². The number of fused-ring (bicyclic) bond motifs is 1. The van der Waals surface area contributed by atoms with Crippen molar-refractivity contribution in [2.75, 3.05) is 19.6 Å². The van der Waals surface area contributed by atoms with Gasteiger partial charge in [0.25, 0.3) is 0 Å². The van der Waals surface area contributed by atoms with Crippen molar-refractivity contribution >= 4 is 11.0 Å². The molecule has 2 aromatic rings. The fraction of sp³-hybridized carbons (Fsp3) is 0.529. The summed E-state index contributed by atoms with van der Waals surface area (Å²) in [6, 6.07) is 8.42. The third-order valence-corrected chi connectivity index (χ3v) is 4.18. The first kappa shape index (κ1) is 15.1. The number of hydrogen-bond donors (Lipinski definition) is 1. The molecular weight excluding hydrogens is 248 g/mol. The van der Waals surface area contributed by atoms with E-state index in [-0.39, 0.29) is 6.04 Å². The Morgan fingerprint density at radius 3 is 2.65 bits per heavy atom. The van der Waals surface area contributed by atoms with Crippen LogP contribution < -0.4 is 5.73 Å². The van der Waals surface area contributed by atoms with E-state index in [4.69, 9.17) is 10.2 Å². The van der Waals surface area contributed by atoms with Gasteiger partial charge in [0.1, 0.15) is 5.58 Å². The van der Waals surface area contributed by atoms with Gasteiger partial charge in [-0.2, -0.15) is 0 Å². The zero-order valence-electron chi connectivity index (χ0n) is 12.8. The van der Waals surface area contributed by atoms with E-state index >= 15 is 0 Å². The Hall–Kier alpha value is -1.32. The molecule has 3 nitrogen and oxygen atoms in total. The third kappa shape index (κ3) is 3.05. The van der Waals surface area contributed by atoms with Gasteiger partial charge in [-0.1, -0.05) is 45.4 Å². The second kappa shape index (κ2) is 6.91. The minimum atomic E-state index is 0.234. The number of nitrogens with zero attached hydrogens (tertiary/aromatic N) is 1. The predicted molar refractivity (Wildman–Crippen MR) is 84.7 cm³/mol. The van der Waals surface area contributed by atoms with E-state index in [1.165, 1.54) is 17.4 Å². The lowest BCUT2D eigenvalue weighted by atomic mass is 10.0. The molecule has 0 radical (unpaired) electrons. The van der Waals surface area contributed by atoms with Crippen LogP contribution >= 0.6 is 0 Å². The van der Waals surface area contributed by atoms with Crippen molar-refractivity contribution < 1.29 is 4.42 Å². The van der Waals surface area contributed by atoms with Crippen LogP contribution in [0.25, 0.3) is 11.0 Å². The number of hydrogen-bond acceptors (Lipinski definition) is 3. The molecule has 1 aromatic carbocycles. The maximum Gasteiger partial charge on any atom is 0.134 e. The lowest BCUT2D eigenvalue weighted by Gasteiger charge is -2.31. The highest BCUT2D eigenvalue weighted by molar-refractivity contribution is 5.81. The highest BCUT2D eigenvalue weighted by atomic mass is 16.3. The zero-order valence-corrected chi connectivity index (χ0v) is 12.8. The second-order valence-electron chi connectivity index (χ2n) is 5.54. The first-order valence-electron chi connectivity index (χ1n) is 7.61. The molecule has 0 saturated heterocycles. The molecule has 110 valence electrons. The number of nitrogens with two attached hydrogens (primary N) is 1. The highest BCUT2D eigenvalue weighted by Crippen LogP contribution is 2.30. The van der Waals surface area contributed by atoms with E-state index in [1.807, 2.05) is 18.4 Å². The molecule has 1 aromatic heterocycles. The molecule has 0 aliphatic heterocycles. The molecule has 2 unspecified atom stereocenters. The molecule has 0 spiro atoms. The van der Waals surface area contributed by atoms with Crippen LogP contribution in [0.2, 0.25) is 0 Å². The van der Waals surface area contributed by atoms with Crippen molar-refractivity contribution in [3.63, 3.8) is 0 Å². The van der Waals surface area contributed by atoms with E-state index in [0.717, 1.165) is 18.7 Å². The van der Waals surface area contributed by atoms with Crippen LogP contribution in [-0.4, -0.2) is 24.5 Å². The van der Waals surface area contributed by atoms with Gasteiger partial charge in [0.15, 0.2) is 0 Å². The van der Waals surface area contributed by atoms with Gasteiger partial charge in [0.05, 0.1) is 12.3 Å². The lowest BCUT2D eigenvalue weighted by molar-refractivity contribution is 0.182. The van der Waals surface area contributed by atoms with E-state index < -0.39 is 0 Å². The van der Waals surface area contributed by atoms with Crippen molar-refractivity contribution in [3.05, 3.63) is 36.1 Å². The van der Waals surface area contributed by atoms with Gasteiger partial charge in [0, 0.05) is 24.0 Å². The summed E-state index contributed by atoms with van der Waals surface area (Å²) in [5.74, 6) is 0.683. The smallest absolute Gasteiger partial charge is 0.134 e. The van der Waals surface area contributed by atoms with Crippen molar-refractivity contribution in [1.29, 1.82) is 0 Å². The number of furan rings is 1. The fourth-order valence-electron chi connectivity index (χ4n) is 2.74. The maximum atomic E-state index is 6.07. The molecule has 0 saturated carbocycles. The maximum absolute atomic E-state index is 6.07. The fourth-order valence-corrected chi connectivity index (χ4v) is 2.74. The summed E-state index contributed by atoms with van der Waals surface area (Å²) in [6.45, 7) is 9.44. The third-order valence-electron chi connectivity index (χ3n) is 4.18. The van der Waals surface area contributed by atoms with Crippen LogP contribution in [0.3, 0.4) is 0 Å². The summed E-state index contributed by atoms with van der Waals surface area (Å²) in [5, 5.41) is 1.19. The molecule has 2 N–H and O–H groups in total. The van der Waals surface area contributed by atoms with Crippen molar-refractivity contribution in [2.24, 2.45) is 11.7 Å². The van der Waals surface area contributed by atoms with Crippen LogP contribution in [0.4, 0.5) is 0 Å². The van der Waals surface area contributed by atoms with Crippen LogP contribution in [-0.2, 0) is 0 Å². The van der Waals surface area contributed by atoms with Gasteiger partial charge in [0.2, 0.25) is 0 Å². The first-order valence-corrected chi connectivity index (χ1v) is 7.61. The van der Waals surface area contributed by atoms with E-state index in [1.54, 1.807) is 0 Å². The van der Waals surface area contributed by atoms with Gasteiger partial charge in [-0.05, 0) is 18.5 Å². The SMILES string of the molecule is CCC(C)CN(CC)C(CN)c1coc2ccccc12. The average molecular weight is 274 g/mol.